The van der Waals surface area contributed by atoms with E-state index < -0.39 is 0 Å². The van der Waals surface area contributed by atoms with Crippen molar-refractivity contribution < 1.29 is 9.90 Å². The molecule has 1 amide bonds. The molecule has 0 bridgehead atoms. The molecule has 0 aromatic heterocycles. The van der Waals surface area contributed by atoms with Gasteiger partial charge in [-0.25, -0.2) is 0 Å². The van der Waals surface area contributed by atoms with Crippen molar-refractivity contribution in [2.45, 2.75) is 25.2 Å². The van der Waals surface area contributed by atoms with Crippen LogP contribution >= 0.6 is 15.9 Å². The minimum absolute atomic E-state index is 0.0587. The van der Waals surface area contributed by atoms with Crippen LogP contribution in [0.3, 0.4) is 0 Å². The zero-order valence-electron chi connectivity index (χ0n) is 10.4. The first-order chi connectivity index (χ1) is 7.91. The lowest BCUT2D eigenvalue weighted by atomic mass is 10.1. The molecule has 1 aromatic rings. The van der Waals surface area contributed by atoms with Gasteiger partial charge in [-0.3, -0.25) is 4.79 Å². The largest absolute Gasteiger partial charge is 0.508 e. The Balaban J connectivity index is 2.66. The van der Waals surface area contributed by atoms with Crippen LogP contribution in [0.4, 0.5) is 0 Å². The Labute approximate surface area is 111 Å². The van der Waals surface area contributed by atoms with Crippen molar-refractivity contribution in [1.82, 2.24) is 4.90 Å². The molecule has 3 nitrogen and oxygen atoms in total. The van der Waals surface area contributed by atoms with Crippen LogP contribution in [0.1, 0.15) is 19.4 Å². The highest BCUT2D eigenvalue weighted by Crippen LogP contribution is 2.17. The van der Waals surface area contributed by atoms with Crippen molar-refractivity contribution in [3.05, 3.63) is 29.8 Å². The van der Waals surface area contributed by atoms with E-state index in [4.69, 9.17) is 0 Å². The molecule has 1 atom stereocenters. The summed E-state index contributed by atoms with van der Waals surface area (Å²) in [6, 6.07) is 6.95. The summed E-state index contributed by atoms with van der Waals surface area (Å²) >= 11 is 3.40. The first-order valence-corrected chi connectivity index (χ1v) is 6.50. The third-order valence-corrected chi connectivity index (χ3v) is 3.98. The molecule has 0 saturated carbocycles. The van der Waals surface area contributed by atoms with E-state index in [0.717, 1.165) is 5.56 Å². The second kappa shape index (κ2) is 6.05. The Morgan fingerprint density at radius 1 is 1.47 bits per heavy atom. The van der Waals surface area contributed by atoms with E-state index in [9.17, 15) is 9.90 Å². The van der Waals surface area contributed by atoms with E-state index >= 15 is 0 Å². The van der Waals surface area contributed by atoms with Crippen molar-refractivity contribution >= 4 is 21.8 Å². The lowest BCUT2D eigenvalue weighted by Gasteiger charge is -2.22. The third-order valence-electron chi connectivity index (χ3n) is 2.53. The van der Waals surface area contributed by atoms with Crippen molar-refractivity contribution in [3.63, 3.8) is 0 Å². The molecule has 0 saturated heterocycles. The second-order valence-corrected chi connectivity index (χ2v) is 5.50. The van der Waals surface area contributed by atoms with Crippen LogP contribution in [0, 0.1) is 5.92 Å². The average Bonchev–Trinajstić information content (AvgIpc) is 2.26. The smallest absolute Gasteiger partial charge is 0.236 e. The third kappa shape index (κ3) is 4.04. The molecule has 0 spiro atoms. The lowest BCUT2D eigenvalue weighted by Crippen LogP contribution is -2.35. The highest BCUT2D eigenvalue weighted by molar-refractivity contribution is 9.10. The number of rotatable bonds is 4. The first-order valence-electron chi connectivity index (χ1n) is 5.58. The van der Waals surface area contributed by atoms with Gasteiger partial charge >= 0.3 is 0 Å². The normalized spacial score (nSPS) is 12.5. The van der Waals surface area contributed by atoms with E-state index in [1.54, 1.807) is 30.1 Å². The van der Waals surface area contributed by atoms with Crippen LogP contribution in [0.5, 0.6) is 5.75 Å². The standard InChI is InChI=1S/C13H18BrNO2/c1-9(2)12(14)13(17)15(3)8-10-5-4-6-11(16)7-10/h4-7,9,12,16H,8H2,1-3H3. The number of phenols is 1. The zero-order chi connectivity index (χ0) is 13.0. The summed E-state index contributed by atoms with van der Waals surface area (Å²) in [7, 11) is 1.77. The fourth-order valence-electron chi connectivity index (χ4n) is 1.50. The Kier molecular flexibility index (Phi) is 5.00. The van der Waals surface area contributed by atoms with Gasteiger partial charge in [-0.05, 0) is 23.6 Å². The molecular weight excluding hydrogens is 282 g/mol. The molecule has 1 aromatic carbocycles. The molecule has 0 aliphatic carbocycles. The van der Waals surface area contributed by atoms with Gasteiger partial charge in [0.2, 0.25) is 5.91 Å². The predicted octanol–water partition coefficient (Wildman–Crippen LogP) is 2.77. The fourth-order valence-corrected chi connectivity index (χ4v) is 1.85. The van der Waals surface area contributed by atoms with Crippen molar-refractivity contribution in [2.75, 3.05) is 7.05 Å². The molecule has 1 N–H and O–H groups in total. The van der Waals surface area contributed by atoms with Gasteiger partial charge in [0.1, 0.15) is 5.75 Å². The molecule has 0 aliphatic heterocycles. The molecule has 0 aliphatic rings. The van der Waals surface area contributed by atoms with E-state index in [1.165, 1.54) is 0 Å². The number of amides is 1. The summed E-state index contributed by atoms with van der Waals surface area (Å²) < 4.78 is 0. The van der Waals surface area contributed by atoms with Crippen molar-refractivity contribution in [1.29, 1.82) is 0 Å². The van der Waals surface area contributed by atoms with Gasteiger partial charge in [0.15, 0.2) is 0 Å². The number of phenolic OH excluding ortho intramolecular Hbond substituents is 1. The predicted molar refractivity (Wildman–Crippen MR) is 72.1 cm³/mol. The van der Waals surface area contributed by atoms with Gasteiger partial charge in [-0.2, -0.15) is 0 Å². The van der Waals surface area contributed by atoms with Crippen molar-refractivity contribution in [2.24, 2.45) is 5.92 Å². The average molecular weight is 300 g/mol. The minimum atomic E-state index is -0.162. The molecule has 0 heterocycles. The number of aromatic hydroxyl groups is 1. The Hall–Kier alpha value is -1.03. The van der Waals surface area contributed by atoms with Crippen LogP contribution in [0.2, 0.25) is 0 Å². The number of hydrogen-bond acceptors (Lipinski definition) is 2. The first kappa shape index (κ1) is 14.0. The highest BCUT2D eigenvalue weighted by Gasteiger charge is 2.22. The van der Waals surface area contributed by atoms with Gasteiger partial charge in [-0.1, -0.05) is 41.9 Å². The van der Waals surface area contributed by atoms with Crippen LogP contribution in [0.25, 0.3) is 0 Å². The summed E-state index contributed by atoms with van der Waals surface area (Å²) in [4.78, 5) is 13.5. The van der Waals surface area contributed by atoms with E-state index in [1.807, 2.05) is 19.9 Å². The molecular formula is C13H18BrNO2. The van der Waals surface area contributed by atoms with Crippen LogP contribution < -0.4 is 0 Å². The topological polar surface area (TPSA) is 40.5 Å². The van der Waals surface area contributed by atoms with Crippen LogP contribution in [0.15, 0.2) is 24.3 Å². The van der Waals surface area contributed by atoms with Gasteiger partial charge in [0.05, 0.1) is 4.83 Å². The molecule has 1 unspecified atom stereocenters. The fraction of sp³-hybridized carbons (Fsp3) is 0.462. The number of halogens is 1. The van der Waals surface area contributed by atoms with E-state index in [-0.39, 0.29) is 22.4 Å². The number of nitrogens with zero attached hydrogens (tertiary/aromatic N) is 1. The Morgan fingerprint density at radius 3 is 2.65 bits per heavy atom. The number of benzene rings is 1. The van der Waals surface area contributed by atoms with Gasteiger partial charge in [-0.15, -0.1) is 0 Å². The molecule has 0 fully saturated rings. The van der Waals surface area contributed by atoms with Crippen LogP contribution in [-0.2, 0) is 11.3 Å². The minimum Gasteiger partial charge on any atom is -0.508 e. The highest BCUT2D eigenvalue weighted by atomic mass is 79.9. The Bertz CT molecular complexity index is 393. The maximum atomic E-state index is 12.0. The maximum Gasteiger partial charge on any atom is 0.236 e. The number of carbonyl (C=O) groups is 1. The maximum absolute atomic E-state index is 12.0. The van der Waals surface area contributed by atoms with E-state index in [0.29, 0.717) is 6.54 Å². The summed E-state index contributed by atoms with van der Waals surface area (Å²) in [6.07, 6.45) is 0. The Morgan fingerprint density at radius 2 is 2.12 bits per heavy atom. The second-order valence-electron chi connectivity index (χ2n) is 4.51. The number of hydrogen-bond donors (Lipinski definition) is 1. The van der Waals surface area contributed by atoms with Gasteiger partial charge < -0.3 is 10.0 Å². The summed E-state index contributed by atoms with van der Waals surface area (Å²) in [5, 5.41) is 9.35. The van der Waals surface area contributed by atoms with Crippen LogP contribution in [-0.4, -0.2) is 27.8 Å². The number of carbonyl (C=O) groups excluding carboxylic acids is 1. The number of alkyl halides is 1. The van der Waals surface area contributed by atoms with Crippen molar-refractivity contribution in [3.8, 4) is 5.75 Å². The molecule has 94 valence electrons. The molecule has 1 rings (SSSR count). The lowest BCUT2D eigenvalue weighted by molar-refractivity contribution is -0.130. The SMILES string of the molecule is CC(C)C(Br)C(=O)N(C)Cc1cccc(O)c1. The molecule has 4 heteroatoms. The van der Waals surface area contributed by atoms with E-state index in [2.05, 4.69) is 15.9 Å². The van der Waals surface area contributed by atoms with Gasteiger partial charge in [0, 0.05) is 13.6 Å². The molecule has 0 radical (unpaired) electrons. The molecule has 17 heavy (non-hydrogen) atoms. The zero-order valence-corrected chi connectivity index (χ0v) is 11.9. The monoisotopic (exact) mass is 299 g/mol. The summed E-state index contributed by atoms with van der Waals surface area (Å²) in [6.45, 7) is 4.50. The summed E-state index contributed by atoms with van der Waals surface area (Å²) in [5.74, 6) is 0.542. The van der Waals surface area contributed by atoms with Gasteiger partial charge in [0.25, 0.3) is 0 Å². The quantitative estimate of drug-likeness (QED) is 0.869. The summed E-state index contributed by atoms with van der Waals surface area (Å²) in [5.41, 5.74) is 0.921.